The van der Waals surface area contributed by atoms with Crippen LogP contribution in [0, 0.1) is 11.3 Å². The molecule has 0 spiro atoms. The van der Waals surface area contributed by atoms with Crippen LogP contribution in [0.15, 0.2) is 12.4 Å². The molecule has 11 heavy (non-hydrogen) atoms. The first kappa shape index (κ1) is 7.63. The molecule has 0 aromatic carbocycles. The van der Waals surface area contributed by atoms with Gasteiger partial charge in [0.05, 0.1) is 18.1 Å². The first-order chi connectivity index (χ1) is 5.24. The Hall–Kier alpha value is -1.47. The monoisotopic (exact) mass is 148 g/mol. The Morgan fingerprint density at radius 3 is 2.64 bits per heavy atom. The van der Waals surface area contributed by atoms with Gasteiger partial charge in [-0.15, -0.1) is 0 Å². The van der Waals surface area contributed by atoms with E-state index in [1.807, 2.05) is 13.0 Å². The van der Waals surface area contributed by atoms with Crippen LogP contribution in [0.1, 0.15) is 24.4 Å². The van der Waals surface area contributed by atoms with Crippen molar-refractivity contribution in [2.75, 3.05) is 0 Å². The van der Waals surface area contributed by atoms with Crippen LogP contribution in [0.25, 0.3) is 0 Å². The number of nitrogens with two attached hydrogens (primary N) is 1. The summed E-state index contributed by atoms with van der Waals surface area (Å²) < 4.78 is 0. The van der Waals surface area contributed by atoms with Crippen molar-refractivity contribution < 1.29 is 0 Å². The van der Waals surface area contributed by atoms with Gasteiger partial charge in [-0.2, -0.15) is 5.26 Å². The quantitative estimate of drug-likeness (QED) is 0.624. The third-order valence-corrected chi connectivity index (χ3v) is 1.25. The van der Waals surface area contributed by atoms with Gasteiger partial charge in [0, 0.05) is 6.04 Å². The van der Waals surface area contributed by atoms with E-state index in [4.69, 9.17) is 11.0 Å². The van der Waals surface area contributed by atoms with Crippen molar-refractivity contribution in [2.24, 2.45) is 5.73 Å². The van der Waals surface area contributed by atoms with Crippen LogP contribution in [0.3, 0.4) is 0 Å². The second kappa shape index (κ2) is 3.08. The Labute approximate surface area is 64.7 Å². The van der Waals surface area contributed by atoms with Gasteiger partial charge in [0.25, 0.3) is 0 Å². The van der Waals surface area contributed by atoms with E-state index in [9.17, 15) is 0 Å². The molecule has 1 aromatic rings. The molecule has 4 heteroatoms. The highest BCUT2D eigenvalue weighted by atomic mass is 14.8. The van der Waals surface area contributed by atoms with Crippen LogP contribution in [-0.4, -0.2) is 9.97 Å². The van der Waals surface area contributed by atoms with Crippen molar-refractivity contribution in [2.45, 2.75) is 13.0 Å². The zero-order valence-corrected chi connectivity index (χ0v) is 6.15. The maximum Gasteiger partial charge on any atom is 0.158 e. The average molecular weight is 148 g/mol. The van der Waals surface area contributed by atoms with E-state index in [2.05, 4.69) is 9.97 Å². The molecule has 0 amide bonds. The summed E-state index contributed by atoms with van der Waals surface area (Å²) in [4.78, 5) is 7.75. The average Bonchev–Trinajstić information content (AvgIpc) is 2.05. The van der Waals surface area contributed by atoms with E-state index in [-0.39, 0.29) is 6.04 Å². The van der Waals surface area contributed by atoms with Crippen molar-refractivity contribution in [3.63, 3.8) is 0 Å². The number of rotatable bonds is 1. The number of hydrogen-bond donors (Lipinski definition) is 1. The summed E-state index contributed by atoms with van der Waals surface area (Å²) >= 11 is 0. The molecule has 0 bridgehead atoms. The summed E-state index contributed by atoms with van der Waals surface area (Å²) in [6.07, 6.45) is 2.93. The summed E-state index contributed by atoms with van der Waals surface area (Å²) in [5.41, 5.74) is 6.53. The van der Waals surface area contributed by atoms with E-state index >= 15 is 0 Å². The molecule has 2 N–H and O–H groups in total. The SMILES string of the molecule is CC(N)c1cnc(C#N)cn1. The first-order valence-corrected chi connectivity index (χ1v) is 3.21. The molecule has 1 rings (SSSR count). The van der Waals surface area contributed by atoms with Gasteiger partial charge in [-0.3, -0.25) is 4.98 Å². The fourth-order valence-corrected chi connectivity index (χ4v) is 0.631. The van der Waals surface area contributed by atoms with Gasteiger partial charge in [0.2, 0.25) is 0 Å². The van der Waals surface area contributed by atoms with E-state index in [0.29, 0.717) is 11.4 Å². The first-order valence-electron chi connectivity index (χ1n) is 3.21. The number of nitrogens with zero attached hydrogens (tertiary/aromatic N) is 3. The largest absolute Gasteiger partial charge is 0.323 e. The smallest absolute Gasteiger partial charge is 0.158 e. The lowest BCUT2D eigenvalue weighted by Crippen LogP contribution is -2.07. The normalized spacial score (nSPS) is 12.1. The molecule has 56 valence electrons. The number of hydrogen-bond acceptors (Lipinski definition) is 4. The molecule has 1 atom stereocenters. The Morgan fingerprint density at radius 1 is 1.55 bits per heavy atom. The highest BCUT2D eigenvalue weighted by Crippen LogP contribution is 2.02. The van der Waals surface area contributed by atoms with E-state index in [1.54, 1.807) is 0 Å². The molecule has 0 radical (unpaired) electrons. The molecule has 0 saturated heterocycles. The molecule has 0 aliphatic carbocycles. The summed E-state index contributed by atoms with van der Waals surface area (Å²) in [6, 6.07) is 1.75. The highest BCUT2D eigenvalue weighted by Gasteiger charge is 2.00. The summed E-state index contributed by atoms with van der Waals surface area (Å²) in [5, 5.41) is 8.38. The predicted octanol–water partition coefficient (Wildman–Crippen LogP) is 0.368. The second-order valence-corrected chi connectivity index (χ2v) is 2.23. The lowest BCUT2D eigenvalue weighted by atomic mass is 10.3. The molecular weight excluding hydrogens is 140 g/mol. The predicted molar refractivity (Wildman–Crippen MR) is 39.3 cm³/mol. The van der Waals surface area contributed by atoms with Crippen molar-refractivity contribution in [3.8, 4) is 6.07 Å². The van der Waals surface area contributed by atoms with Crippen molar-refractivity contribution in [1.29, 1.82) is 5.26 Å². The van der Waals surface area contributed by atoms with Crippen LogP contribution in [0.5, 0.6) is 0 Å². The maximum atomic E-state index is 8.38. The second-order valence-electron chi connectivity index (χ2n) is 2.23. The summed E-state index contributed by atoms with van der Waals surface area (Å²) in [7, 11) is 0. The Bertz CT molecular complexity index is 269. The zero-order valence-electron chi connectivity index (χ0n) is 6.15. The van der Waals surface area contributed by atoms with E-state index in [1.165, 1.54) is 12.4 Å². The van der Waals surface area contributed by atoms with E-state index in [0.717, 1.165) is 0 Å². The molecule has 0 saturated carbocycles. The molecule has 4 nitrogen and oxygen atoms in total. The van der Waals surface area contributed by atoms with Gasteiger partial charge in [0.15, 0.2) is 5.69 Å². The lowest BCUT2D eigenvalue weighted by molar-refractivity contribution is 0.771. The zero-order chi connectivity index (χ0) is 8.27. The van der Waals surface area contributed by atoms with Crippen LogP contribution in [0.4, 0.5) is 0 Å². The fraction of sp³-hybridized carbons (Fsp3) is 0.286. The van der Waals surface area contributed by atoms with Crippen LogP contribution >= 0.6 is 0 Å². The maximum absolute atomic E-state index is 8.38. The van der Waals surface area contributed by atoms with E-state index < -0.39 is 0 Å². The van der Waals surface area contributed by atoms with Gasteiger partial charge in [-0.05, 0) is 6.92 Å². The topological polar surface area (TPSA) is 75.6 Å². The minimum absolute atomic E-state index is 0.129. The molecule has 0 fully saturated rings. The fourth-order valence-electron chi connectivity index (χ4n) is 0.631. The molecule has 0 aliphatic heterocycles. The standard InChI is InChI=1S/C7H8N4/c1-5(9)7-4-10-6(2-8)3-11-7/h3-5H,9H2,1H3. The minimum atomic E-state index is -0.129. The Balaban J connectivity index is 2.94. The van der Waals surface area contributed by atoms with Crippen LogP contribution < -0.4 is 5.73 Å². The van der Waals surface area contributed by atoms with Gasteiger partial charge in [-0.1, -0.05) is 0 Å². The molecular formula is C7H8N4. The molecule has 0 aliphatic rings. The van der Waals surface area contributed by atoms with Crippen molar-refractivity contribution >= 4 is 0 Å². The Morgan fingerprint density at radius 2 is 2.27 bits per heavy atom. The summed E-state index contributed by atoms with van der Waals surface area (Å²) in [5.74, 6) is 0. The van der Waals surface area contributed by atoms with Gasteiger partial charge >= 0.3 is 0 Å². The van der Waals surface area contributed by atoms with Gasteiger partial charge in [-0.25, -0.2) is 4.98 Å². The number of nitriles is 1. The third kappa shape index (κ3) is 1.72. The lowest BCUT2D eigenvalue weighted by Gasteiger charge is -2.01. The van der Waals surface area contributed by atoms with Gasteiger partial charge in [0.1, 0.15) is 6.07 Å². The van der Waals surface area contributed by atoms with Crippen LogP contribution in [-0.2, 0) is 0 Å². The number of aromatic nitrogens is 2. The molecule has 1 aromatic heterocycles. The minimum Gasteiger partial charge on any atom is -0.323 e. The van der Waals surface area contributed by atoms with Crippen molar-refractivity contribution in [3.05, 3.63) is 23.8 Å². The van der Waals surface area contributed by atoms with Gasteiger partial charge < -0.3 is 5.73 Å². The Kier molecular flexibility index (Phi) is 2.14. The molecule has 1 heterocycles. The van der Waals surface area contributed by atoms with Crippen LogP contribution in [0.2, 0.25) is 0 Å². The summed E-state index contributed by atoms with van der Waals surface area (Å²) in [6.45, 7) is 1.82. The highest BCUT2D eigenvalue weighted by molar-refractivity contribution is 5.17. The van der Waals surface area contributed by atoms with Crippen molar-refractivity contribution in [1.82, 2.24) is 9.97 Å². The third-order valence-electron chi connectivity index (χ3n) is 1.25. The molecule has 1 unspecified atom stereocenters.